The molecule has 0 amide bonds. The van der Waals surface area contributed by atoms with Crippen molar-refractivity contribution in [2.45, 2.75) is 297 Å². The maximum Gasteiger partial charge on any atom is 0.306 e. The maximum absolute atomic E-state index is 12.8. The van der Waals surface area contributed by atoms with Gasteiger partial charge in [0, 0.05) is 19.4 Å². The van der Waals surface area contributed by atoms with Crippen molar-refractivity contribution in [3.63, 3.8) is 0 Å². The van der Waals surface area contributed by atoms with Crippen molar-refractivity contribution in [1.82, 2.24) is 0 Å². The van der Waals surface area contributed by atoms with Crippen molar-refractivity contribution >= 4 is 11.9 Å². The van der Waals surface area contributed by atoms with Crippen LogP contribution in [0.1, 0.15) is 290 Å². The first-order valence-corrected chi connectivity index (χ1v) is 28.2. The molecule has 0 aromatic heterocycles. The van der Waals surface area contributed by atoms with Gasteiger partial charge in [-0.1, -0.05) is 249 Å². The molecule has 0 fully saturated rings. The van der Waals surface area contributed by atoms with Crippen molar-refractivity contribution in [2.24, 2.45) is 0 Å². The van der Waals surface area contributed by atoms with Gasteiger partial charge >= 0.3 is 11.9 Å². The second kappa shape index (κ2) is 55.2. The van der Waals surface area contributed by atoms with Gasteiger partial charge in [0.15, 0.2) is 6.10 Å². The van der Waals surface area contributed by atoms with Gasteiger partial charge in [-0.15, -0.1) is 0 Å². The Bertz CT molecular complexity index is 1060. The number of esters is 2. The van der Waals surface area contributed by atoms with Crippen molar-refractivity contribution in [3.05, 3.63) is 48.6 Å². The zero-order valence-electron chi connectivity index (χ0n) is 43.1. The lowest BCUT2D eigenvalue weighted by Crippen LogP contribution is -2.30. The molecule has 5 heteroatoms. The molecule has 5 nitrogen and oxygen atoms in total. The summed E-state index contributed by atoms with van der Waals surface area (Å²) in [5.74, 6) is -0.405. The van der Waals surface area contributed by atoms with E-state index in [1.807, 2.05) is 0 Å². The molecule has 0 aliphatic heterocycles. The zero-order chi connectivity index (χ0) is 46.3. The Hall–Kier alpha value is -2.14. The minimum atomic E-state index is -0.547. The fourth-order valence-corrected chi connectivity index (χ4v) is 8.11. The molecule has 0 radical (unpaired) electrons. The van der Waals surface area contributed by atoms with E-state index in [9.17, 15) is 9.59 Å². The normalized spacial score (nSPS) is 12.5. The predicted octanol–water partition coefficient (Wildman–Crippen LogP) is 19.1. The molecule has 0 aromatic carbocycles. The Labute approximate surface area is 399 Å². The molecule has 0 N–H and O–H groups in total. The van der Waals surface area contributed by atoms with Crippen molar-refractivity contribution in [2.75, 3.05) is 19.8 Å². The molecule has 0 saturated heterocycles. The molecule has 0 heterocycles. The fourth-order valence-electron chi connectivity index (χ4n) is 8.11. The first-order valence-electron chi connectivity index (χ1n) is 28.2. The van der Waals surface area contributed by atoms with Gasteiger partial charge in [0.05, 0.1) is 6.61 Å². The van der Waals surface area contributed by atoms with Gasteiger partial charge < -0.3 is 14.2 Å². The van der Waals surface area contributed by atoms with Crippen LogP contribution < -0.4 is 0 Å². The first-order chi connectivity index (χ1) is 31.6. The Morgan fingerprint density at radius 2 is 0.688 bits per heavy atom. The van der Waals surface area contributed by atoms with E-state index in [1.165, 1.54) is 193 Å². The van der Waals surface area contributed by atoms with E-state index >= 15 is 0 Å². The Morgan fingerprint density at radius 3 is 1.12 bits per heavy atom. The number of hydrogen-bond donors (Lipinski definition) is 0. The highest BCUT2D eigenvalue weighted by Crippen LogP contribution is 2.16. The van der Waals surface area contributed by atoms with E-state index in [-0.39, 0.29) is 25.2 Å². The van der Waals surface area contributed by atoms with Crippen molar-refractivity contribution in [3.8, 4) is 0 Å². The van der Waals surface area contributed by atoms with Gasteiger partial charge in [-0.2, -0.15) is 0 Å². The Balaban J connectivity index is 4.23. The van der Waals surface area contributed by atoms with Crippen molar-refractivity contribution < 1.29 is 23.8 Å². The largest absolute Gasteiger partial charge is 0.462 e. The fraction of sp³-hybridized carbons (Fsp3) is 0.831. The van der Waals surface area contributed by atoms with Crippen LogP contribution in [-0.2, 0) is 23.8 Å². The zero-order valence-corrected chi connectivity index (χ0v) is 43.1. The summed E-state index contributed by atoms with van der Waals surface area (Å²) in [5.41, 5.74) is 0. The smallest absolute Gasteiger partial charge is 0.306 e. The van der Waals surface area contributed by atoms with Gasteiger partial charge in [0.2, 0.25) is 0 Å². The molecule has 0 aromatic rings. The minimum Gasteiger partial charge on any atom is -0.462 e. The molecular formula is C59H108O5. The standard InChI is InChI=1S/C59H108O5/c1-4-7-10-13-16-19-22-25-27-29-30-31-32-35-37-40-43-46-49-52-58(60)63-56-57(64-59(61)53-50-47-44-41-38-34-24-21-18-15-12-9-6-3)55-62-54-51-48-45-42-39-36-33-28-26-23-20-17-14-11-8-5-2/h12,15,17,20-21,24,26,28,57H,4-11,13-14,16,18-19,22-23,25,27,29-56H2,1-3H3/b15-12-,20-17-,24-21-,28-26-. The Morgan fingerprint density at radius 1 is 0.344 bits per heavy atom. The number of unbranched alkanes of at least 4 members (excludes halogenated alkanes) is 33. The highest BCUT2D eigenvalue weighted by atomic mass is 16.6. The number of ether oxygens (including phenoxy) is 3. The Kier molecular flexibility index (Phi) is 53.3. The van der Waals surface area contributed by atoms with E-state index in [2.05, 4.69) is 69.4 Å². The molecule has 374 valence electrons. The summed E-state index contributed by atoms with van der Waals surface area (Å²) >= 11 is 0. The quantitative estimate of drug-likeness (QED) is 0.0346. The van der Waals surface area contributed by atoms with Gasteiger partial charge in [-0.3, -0.25) is 9.59 Å². The van der Waals surface area contributed by atoms with E-state index in [0.29, 0.717) is 19.4 Å². The van der Waals surface area contributed by atoms with Gasteiger partial charge in [-0.05, 0) is 77.0 Å². The van der Waals surface area contributed by atoms with E-state index < -0.39 is 6.10 Å². The van der Waals surface area contributed by atoms with Crippen LogP contribution in [0.4, 0.5) is 0 Å². The van der Waals surface area contributed by atoms with Crippen LogP contribution in [0, 0.1) is 0 Å². The third-order valence-corrected chi connectivity index (χ3v) is 12.3. The van der Waals surface area contributed by atoms with Crippen LogP contribution in [0.15, 0.2) is 48.6 Å². The second-order valence-electron chi connectivity index (χ2n) is 18.8. The molecule has 1 atom stereocenters. The summed E-state index contributed by atoms with van der Waals surface area (Å²) in [6.45, 7) is 7.75. The average Bonchev–Trinajstić information content (AvgIpc) is 3.30. The molecule has 0 rings (SSSR count). The molecule has 0 spiro atoms. The number of hydrogen-bond acceptors (Lipinski definition) is 5. The molecule has 0 bridgehead atoms. The van der Waals surface area contributed by atoms with Crippen LogP contribution in [-0.4, -0.2) is 37.9 Å². The molecule has 0 aliphatic rings. The van der Waals surface area contributed by atoms with Crippen LogP contribution in [0.3, 0.4) is 0 Å². The van der Waals surface area contributed by atoms with Crippen LogP contribution in [0.2, 0.25) is 0 Å². The molecule has 64 heavy (non-hydrogen) atoms. The third-order valence-electron chi connectivity index (χ3n) is 12.3. The highest BCUT2D eigenvalue weighted by molar-refractivity contribution is 5.70. The molecule has 1 unspecified atom stereocenters. The topological polar surface area (TPSA) is 61.8 Å². The monoisotopic (exact) mass is 897 g/mol. The lowest BCUT2D eigenvalue weighted by atomic mass is 10.0. The summed E-state index contributed by atoms with van der Waals surface area (Å²) < 4.78 is 17.4. The molecule has 0 saturated carbocycles. The summed E-state index contributed by atoms with van der Waals surface area (Å²) in [5, 5.41) is 0. The average molecular weight is 898 g/mol. The van der Waals surface area contributed by atoms with Gasteiger partial charge in [0.1, 0.15) is 6.61 Å². The van der Waals surface area contributed by atoms with Gasteiger partial charge in [0.25, 0.3) is 0 Å². The van der Waals surface area contributed by atoms with Gasteiger partial charge in [-0.25, -0.2) is 0 Å². The van der Waals surface area contributed by atoms with E-state index in [1.54, 1.807) is 0 Å². The van der Waals surface area contributed by atoms with E-state index in [4.69, 9.17) is 14.2 Å². The third kappa shape index (κ3) is 52.5. The van der Waals surface area contributed by atoms with Crippen molar-refractivity contribution in [1.29, 1.82) is 0 Å². The summed E-state index contributed by atoms with van der Waals surface area (Å²) in [4.78, 5) is 25.5. The lowest BCUT2D eigenvalue weighted by Gasteiger charge is -2.18. The van der Waals surface area contributed by atoms with Crippen LogP contribution in [0.25, 0.3) is 0 Å². The highest BCUT2D eigenvalue weighted by Gasteiger charge is 2.17. The lowest BCUT2D eigenvalue weighted by molar-refractivity contribution is -0.163. The molecule has 0 aliphatic carbocycles. The second-order valence-corrected chi connectivity index (χ2v) is 18.8. The summed E-state index contributed by atoms with van der Waals surface area (Å²) in [6.07, 6.45) is 68.4. The number of carbonyl (C=O) groups is 2. The SMILES string of the molecule is CCC/C=C\C/C=C\CCCCCCCC(=O)OC(COCCCCCCCC/C=C\C/C=C\CCCCC)COC(=O)CCCCCCCCCCCCCCCCCCCCC. The number of allylic oxidation sites excluding steroid dienone is 8. The predicted molar refractivity (Wildman–Crippen MR) is 279 cm³/mol. The molecular weight excluding hydrogens is 789 g/mol. The first kappa shape index (κ1) is 61.9. The summed E-state index contributed by atoms with van der Waals surface area (Å²) in [6, 6.07) is 0. The maximum atomic E-state index is 12.8. The van der Waals surface area contributed by atoms with Crippen LogP contribution >= 0.6 is 0 Å². The van der Waals surface area contributed by atoms with Crippen LogP contribution in [0.5, 0.6) is 0 Å². The number of rotatable bonds is 52. The van der Waals surface area contributed by atoms with E-state index in [0.717, 1.165) is 64.2 Å². The number of carbonyl (C=O) groups excluding carboxylic acids is 2. The minimum absolute atomic E-state index is 0.0787. The summed E-state index contributed by atoms with van der Waals surface area (Å²) in [7, 11) is 0.